The van der Waals surface area contributed by atoms with Gasteiger partial charge < -0.3 is 15.1 Å². The average molecular weight is 433 g/mol. The lowest BCUT2D eigenvalue weighted by molar-refractivity contribution is 0.102. The molecule has 0 unspecified atom stereocenters. The van der Waals surface area contributed by atoms with Gasteiger partial charge in [0.25, 0.3) is 5.91 Å². The van der Waals surface area contributed by atoms with Crippen molar-refractivity contribution >= 4 is 39.9 Å². The molecule has 1 amide bonds. The summed E-state index contributed by atoms with van der Waals surface area (Å²) in [4.78, 5) is 24.7. The van der Waals surface area contributed by atoms with Crippen molar-refractivity contribution in [1.82, 2.24) is 0 Å². The summed E-state index contributed by atoms with van der Waals surface area (Å²) < 4.78 is 5.45. The van der Waals surface area contributed by atoms with Crippen LogP contribution in [0.3, 0.4) is 0 Å². The molecule has 3 aromatic carbocycles. The molecule has 0 saturated heterocycles. The third-order valence-electron chi connectivity index (χ3n) is 5.27. The first-order valence-corrected chi connectivity index (χ1v) is 10.2. The Bertz CT molecular complexity index is 1330. The zero-order chi connectivity index (χ0) is 22.0. The van der Waals surface area contributed by atoms with Crippen LogP contribution in [0.1, 0.15) is 27.0 Å². The summed E-state index contributed by atoms with van der Waals surface area (Å²) in [5.41, 5.74) is 4.96. The quantitative estimate of drug-likeness (QED) is 0.383. The largest absolute Gasteiger partial charge is 0.422 e. The van der Waals surface area contributed by atoms with E-state index in [9.17, 15) is 9.59 Å². The molecule has 4 aromatic rings. The fourth-order valence-corrected chi connectivity index (χ4v) is 3.53. The Morgan fingerprint density at radius 1 is 0.968 bits per heavy atom. The standard InChI is InChI=1S/C25H21ClN2O3/c1-15-7-12-20-18(13-23(29)31-24(20)16(15)2)14-27-21-5-3-4-6-22(21)28-25(30)17-8-10-19(26)11-9-17/h3-13,27H,14H2,1-2H3,(H,28,30). The highest BCUT2D eigenvalue weighted by Crippen LogP contribution is 2.26. The number of carbonyl (C=O) groups is 1. The average Bonchev–Trinajstić information content (AvgIpc) is 2.76. The van der Waals surface area contributed by atoms with Crippen LogP contribution in [0.2, 0.25) is 5.02 Å². The van der Waals surface area contributed by atoms with Crippen molar-refractivity contribution < 1.29 is 9.21 Å². The van der Waals surface area contributed by atoms with Crippen LogP contribution >= 0.6 is 11.6 Å². The molecule has 6 heteroatoms. The molecule has 0 aliphatic rings. The van der Waals surface area contributed by atoms with Crippen molar-refractivity contribution in [1.29, 1.82) is 0 Å². The molecule has 0 radical (unpaired) electrons. The highest BCUT2D eigenvalue weighted by Gasteiger charge is 2.12. The van der Waals surface area contributed by atoms with Crippen molar-refractivity contribution in [2.45, 2.75) is 20.4 Å². The minimum Gasteiger partial charge on any atom is -0.422 e. The molecule has 0 fully saturated rings. The zero-order valence-corrected chi connectivity index (χ0v) is 17.9. The van der Waals surface area contributed by atoms with Gasteiger partial charge in [-0.1, -0.05) is 35.9 Å². The predicted molar refractivity (Wildman–Crippen MR) is 125 cm³/mol. The van der Waals surface area contributed by atoms with Gasteiger partial charge in [-0.15, -0.1) is 0 Å². The second-order valence-corrected chi connectivity index (χ2v) is 7.77. The highest BCUT2D eigenvalue weighted by molar-refractivity contribution is 6.30. The van der Waals surface area contributed by atoms with E-state index in [0.29, 0.717) is 28.4 Å². The van der Waals surface area contributed by atoms with Gasteiger partial charge in [-0.3, -0.25) is 4.79 Å². The Balaban J connectivity index is 1.59. The molecule has 0 saturated carbocycles. The fourth-order valence-electron chi connectivity index (χ4n) is 3.40. The number of hydrogen-bond donors (Lipinski definition) is 2. The second-order valence-electron chi connectivity index (χ2n) is 7.33. The van der Waals surface area contributed by atoms with E-state index in [2.05, 4.69) is 10.6 Å². The molecule has 1 heterocycles. The van der Waals surface area contributed by atoms with E-state index in [4.69, 9.17) is 16.0 Å². The van der Waals surface area contributed by atoms with E-state index >= 15 is 0 Å². The number of para-hydroxylation sites is 2. The maximum Gasteiger partial charge on any atom is 0.336 e. The van der Waals surface area contributed by atoms with Gasteiger partial charge in [0.15, 0.2) is 0 Å². The normalized spacial score (nSPS) is 10.8. The number of amides is 1. The van der Waals surface area contributed by atoms with Crippen LogP contribution in [0.25, 0.3) is 11.0 Å². The number of hydrogen-bond acceptors (Lipinski definition) is 4. The number of benzene rings is 3. The van der Waals surface area contributed by atoms with Crippen LogP contribution in [0.15, 0.2) is 75.9 Å². The Labute approximate surface area is 184 Å². The Hall–Kier alpha value is -3.57. The Morgan fingerprint density at radius 3 is 2.42 bits per heavy atom. The van der Waals surface area contributed by atoms with Crippen LogP contribution in [-0.4, -0.2) is 5.91 Å². The summed E-state index contributed by atoms with van der Waals surface area (Å²) >= 11 is 5.90. The maximum atomic E-state index is 12.6. The van der Waals surface area contributed by atoms with Crippen LogP contribution in [0.4, 0.5) is 11.4 Å². The van der Waals surface area contributed by atoms with Gasteiger partial charge in [-0.2, -0.15) is 0 Å². The van der Waals surface area contributed by atoms with Gasteiger partial charge in [-0.05, 0) is 66.9 Å². The van der Waals surface area contributed by atoms with Crippen LogP contribution in [0, 0.1) is 13.8 Å². The molecule has 0 aliphatic carbocycles. The molecule has 0 bridgehead atoms. The molecule has 4 rings (SSSR count). The lowest BCUT2D eigenvalue weighted by Crippen LogP contribution is -2.14. The number of carbonyl (C=O) groups excluding carboxylic acids is 1. The van der Waals surface area contributed by atoms with Gasteiger partial charge in [0.05, 0.1) is 11.4 Å². The molecule has 0 aliphatic heterocycles. The lowest BCUT2D eigenvalue weighted by Gasteiger charge is -2.14. The number of halogens is 1. The van der Waals surface area contributed by atoms with E-state index in [1.165, 1.54) is 6.07 Å². The molecule has 5 nitrogen and oxygen atoms in total. The molecule has 156 valence electrons. The highest BCUT2D eigenvalue weighted by atomic mass is 35.5. The summed E-state index contributed by atoms with van der Waals surface area (Å²) in [6, 6.07) is 19.6. The van der Waals surface area contributed by atoms with Gasteiger partial charge >= 0.3 is 5.63 Å². The van der Waals surface area contributed by atoms with Crippen LogP contribution in [0.5, 0.6) is 0 Å². The fraction of sp³-hybridized carbons (Fsp3) is 0.120. The third kappa shape index (κ3) is 4.47. The van der Waals surface area contributed by atoms with Crippen molar-refractivity contribution in [2.75, 3.05) is 10.6 Å². The molecular formula is C25H21ClN2O3. The predicted octanol–water partition coefficient (Wildman–Crippen LogP) is 5.93. The van der Waals surface area contributed by atoms with Crippen LogP contribution < -0.4 is 16.3 Å². The molecule has 0 spiro atoms. The van der Waals surface area contributed by atoms with E-state index in [-0.39, 0.29) is 11.5 Å². The zero-order valence-electron chi connectivity index (χ0n) is 17.2. The summed E-state index contributed by atoms with van der Waals surface area (Å²) in [6.45, 7) is 4.33. The van der Waals surface area contributed by atoms with Crippen molar-refractivity contribution in [3.63, 3.8) is 0 Å². The smallest absolute Gasteiger partial charge is 0.336 e. The van der Waals surface area contributed by atoms with Crippen molar-refractivity contribution in [2.24, 2.45) is 0 Å². The van der Waals surface area contributed by atoms with Crippen molar-refractivity contribution in [3.8, 4) is 0 Å². The van der Waals surface area contributed by atoms with E-state index in [0.717, 1.165) is 27.8 Å². The third-order valence-corrected chi connectivity index (χ3v) is 5.52. The van der Waals surface area contributed by atoms with Crippen molar-refractivity contribution in [3.05, 3.63) is 104 Å². The van der Waals surface area contributed by atoms with E-state index < -0.39 is 0 Å². The Morgan fingerprint density at radius 2 is 1.68 bits per heavy atom. The van der Waals surface area contributed by atoms with Gasteiger partial charge in [0, 0.05) is 28.6 Å². The molecule has 2 N–H and O–H groups in total. The maximum absolute atomic E-state index is 12.6. The number of fused-ring (bicyclic) bond motifs is 1. The minimum absolute atomic E-state index is 0.233. The first-order chi connectivity index (χ1) is 14.9. The van der Waals surface area contributed by atoms with E-state index in [1.54, 1.807) is 24.3 Å². The second kappa shape index (κ2) is 8.66. The van der Waals surface area contributed by atoms with Gasteiger partial charge in [-0.25, -0.2) is 4.79 Å². The summed E-state index contributed by atoms with van der Waals surface area (Å²) in [5, 5.41) is 7.72. The molecule has 0 atom stereocenters. The first kappa shape index (κ1) is 20.7. The lowest BCUT2D eigenvalue weighted by atomic mass is 10.0. The number of rotatable bonds is 5. The van der Waals surface area contributed by atoms with Crippen LogP contribution in [-0.2, 0) is 6.54 Å². The van der Waals surface area contributed by atoms with Gasteiger partial charge in [0.1, 0.15) is 5.58 Å². The summed E-state index contributed by atoms with van der Waals surface area (Å²) in [6.07, 6.45) is 0. The number of aryl methyl sites for hydroxylation is 2. The number of anilines is 2. The Kier molecular flexibility index (Phi) is 5.78. The monoisotopic (exact) mass is 432 g/mol. The SMILES string of the molecule is Cc1ccc2c(CNc3ccccc3NC(=O)c3ccc(Cl)cc3)cc(=O)oc2c1C. The molecule has 1 aromatic heterocycles. The van der Waals surface area contributed by atoms with E-state index in [1.807, 2.05) is 50.2 Å². The summed E-state index contributed by atoms with van der Waals surface area (Å²) in [5.74, 6) is -0.233. The molecular weight excluding hydrogens is 412 g/mol. The topological polar surface area (TPSA) is 71.3 Å². The minimum atomic E-state index is -0.387. The first-order valence-electron chi connectivity index (χ1n) is 9.85. The molecule has 31 heavy (non-hydrogen) atoms. The summed E-state index contributed by atoms with van der Waals surface area (Å²) in [7, 11) is 0. The van der Waals surface area contributed by atoms with Gasteiger partial charge in [0.2, 0.25) is 0 Å². The number of nitrogens with one attached hydrogen (secondary N) is 2.